The largest absolute Gasteiger partial charge is 0.463 e. The molecule has 1 fully saturated rings. The van der Waals surface area contributed by atoms with Crippen molar-refractivity contribution in [2.45, 2.75) is 38.8 Å². The molecule has 0 bridgehead atoms. The van der Waals surface area contributed by atoms with E-state index in [2.05, 4.69) is 0 Å². The van der Waals surface area contributed by atoms with Crippen LogP contribution in [0.15, 0.2) is 42.5 Å². The number of hydrogen-bond donors (Lipinski definition) is 0. The van der Waals surface area contributed by atoms with Crippen LogP contribution in [0.25, 0.3) is 0 Å². The van der Waals surface area contributed by atoms with Gasteiger partial charge in [-0.3, -0.25) is 4.79 Å². The van der Waals surface area contributed by atoms with E-state index >= 15 is 0 Å². The summed E-state index contributed by atoms with van der Waals surface area (Å²) in [6, 6.07) is 10.1. The van der Waals surface area contributed by atoms with E-state index in [0.29, 0.717) is 26.0 Å². The van der Waals surface area contributed by atoms with Gasteiger partial charge >= 0.3 is 5.97 Å². The summed E-state index contributed by atoms with van der Waals surface area (Å²) in [6.45, 7) is 2.80. The first kappa shape index (κ1) is 15.3. The van der Waals surface area contributed by atoms with Crippen molar-refractivity contribution in [3.63, 3.8) is 0 Å². The third-order valence-electron chi connectivity index (χ3n) is 3.60. The van der Waals surface area contributed by atoms with Gasteiger partial charge in [0.15, 0.2) is 0 Å². The van der Waals surface area contributed by atoms with Gasteiger partial charge in [0, 0.05) is 25.1 Å². The van der Waals surface area contributed by atoms with Crippen LogP contribution in [0.1, 0.15) is 31.7 Å². The summed E-state index contributed by atoms with van der Waals surface area (Å²) in [4.78, 5) is 25.2. The van der Waals surface area contributed by atoms with Crippen LogP contribution < -0.4 is 0 Å². The van der Waals surface area contributed by atoms with Crippen molar-refractivity contribution in [3.05, 3.63) is 48.0 Å². The highest BCUT2D eigenvalue weighted by Gasteiger charge is 2.29. The molecule has 0 unspecified atom stereocenters. The number of hydrogen-bond acceptors (Lipinski definition) is 3. The number of amides is 1. The molecule has 1 aliphatic heterocycles. The molecule has 1 heterocycles. The number of carbonyl (C=O) groups excluding carboxylic acids is 2. The lowest BCUT2D eigenvalue weighted by Gasteiger charge is -2.24. The third kappa shape index (κ3) is 4.45. The van der Waals surface area contributed by atoms with Gasteiger partial charge in [-0.25, -0.2) is 4.79 Å². The molecule has 112 valence electrons. The molecule has 2 rings (SSSR count). The molecule has 1 aromatic rings. The Morgan fingerprint density at radius 1 is 1.38 bits per heavy atom. The Hall–Kier alpha value is -2.10. The summed E-state index contributed by atoms with van der Waals surface area (Å²) in [6.07, 6.45) is 5.38. The van der Waals surface area contributed by atoms with E-state index in [4.69, 9.17) is 4.74 Å². The van der Waals surface area contributed by atoms with Gasteiger partial charge < -0.3 is 9.64 Å². The summed E-state index contributed by atoms with van der Waals surface area (Å²) < 4.78 is 4.84. The van der Waals surface area contributed by atoms with Crippen LogP contribution in [0, 0.1) is 0 Å². The molecule has 0 radical (unpaired) electrons. The molecule has 0 saturated carbocycles. The number of nitrogens with zero attached hydrogens (tertiary/aromatic N) is 1. The minimum absolute atomic E-state index is 0.170. The van der Waals surface area contributed by atoms with Crippen molar-refractivity contribution in [2.24, 2.45) is 0 Å². The van der Waals surface area contributed by atoms with Crippen molar-refractivity contribution < 1.29 is 14.3 Å². The summed E-state index contributed by atoms with van der Waals surface area (Å²) in [5, 5.41) is 0. The topological polar surface area (TPSA) is 46.6 Å². The fourth-order valence-corrected chi connectivity index (χ4v) is 2.55. The zero-order valence-corrected chi connectivity index (χ0v) is 12.3. The van der Waals surface area contributed by atoms with Gasteiger partial charge in [-0.2, -0.15) is 0 Å². The molecule has 1 atom stereocenters. The Morgan fingerprint density at radius 2 is 2.14 bits per heavy atom. The second-order valence-electron chi connectivity index (χ2n) is 5.09. The number of likely N-dealkylation sites (tertiary alicyclic amines) is 1. The molecule has 1 saturated heterocycles. The second kappa shape index (κ2) is 7.62. The molecule has 21 heavy (non-hydrogen) atoms. The maximum atomic E-state index is 12.0. The van der Waals surface area contributed by atoms with E-state index in [0.717, 1.165) is 12.0 Å². The number of carbonyl (C=O) groups is 2. The van der Waals surface area contributed by atoms with Gasteiger partial charge in [-0.05, 0) is 25.3 Å². The minimum atomic E-state index is -0.323. The van der Waals surface area contributed by atoms with Gasteiger partial charge in [0.05, 0.1) is 6.61 Å². The predicted molar refractivity (Wildman–Crippen MR) is 80.4 cm³/mol. The normalized spacial score (nSPS) is 18.4. The smallest absolute Gasteiger partial charge is 0.330 e. The van der Waals surface area contributed by atoms with Gasteiger partial charge in [-0.15, -0.1) is 0 Å². The summed E-state index contributed by atoms with van der Waals surface area (Å²) in [5.74, 6) is -0.134. The molecule has 0 spiro atoms. The van der Waals surface area contributed by atoms with Crippen LogP contribution in [0.4, 0.5) is 0 Å². The van der Waals surface area contributed by atoms with Gasteiger partial charge in [0.1, 0.15) is 0 Å². The maximum absolute atomic E-state index is 12.0. The molecule has 0 N–H and O–H groups in total. The van der Waals surface area contributed by atoms with E-state index in [9.17, 15) is 9.59 Å². The maximum Gasteiger partial charge on any atom is 0.330 e. The Morgan fingerprint density at radius 3 is 2.86 bits per heavy atom. The van der Waals surface area contributed by atoms with Crippen LogP contribution >= 0.6 is 0 Å². The van der Waals surface area contributed by atoms with Crippen LogP contribution in [0.3, 0.4) is 0 Å². The highest BCUT2D eigenvalue weighted by Crippen LogP contribution is 2.24. The molecule has 1 aromatic carbocycles. The fraction of sp³-hybridized carbons (Fsp3) is 0.412. The lowest BCUT2D eigenvalue weighted by atomic mass is 10.1. The third-order valence-corrected chi connectivity index (χ3v) is 3.60. The zero-order valence-electron chi connectivity index (χ0n) is 12.3. The quantitative estimate of drug-likeness (QED) is 0.597. The van der Waals surface area contributed by atoms with Gasteiger partial charge in [0.2, 0.25) is 5.91 Å². The van der Waals surface area contributed by atoms with Crippen LogP contribution in [-0.4, -0.2) is 29.4 Å². The minimum Gasteiger partial charge on any atom is -0.463 e. The number of ether oxygens (including phenoxy) is 1. The first-order valence-electron chi connectivity index (χ1n) is 7.37. The standard InChI is InChI=1S/C17H21NO3/c1-2-21-17(20)10-6-9-15-11-12-16(19)18(15)13-14-7-4-3-5-8-14/h3-8,10,15H,2,9,11-13H2,1H3/b10-6+/t15-/m1/s1. The summed E-state index contributed by atoms with van der Waals surface area (Å²) in [7, 11) is 0. The first-order valence-corrected chi connectivity index (χ1v) is 7.37. The highest BCUT2D eigenvalue weighted by atomic mass is 16.5. The molecule has 1 aliphatic rings. The van der Waals surface area contributed by atoms with E-state index in [1.807, 2.05) is 35.2 Å². The molecular formula is C17H21NO3. The van der Waals surface area contributed by atoms with Crippen molar-refractivity contribution >= 4 is 11.9 Å². The van der Waals surface area contributed by atoms with E-state index in [-0.39, 0.29) is 17.9 Å². The summed E-state index contributed by atoms with van der Waals surface area (Å²) >= 11 is 0. The first-order chi connectivity index (χ1) is 10.2. The van der Waals surface area contributed by atoms with Gasteiger partial charge in [0.25, 0.3) is 0 Å². The van der Waals surface area contributed by atoms with Crippen molar-refractivity contribution in [1.29, 1.82) is 0 Å². The van der Waals surface area contributed by atoms with E-state index < -0.39 is 0 Å². The number of benzene rings is 1. The monoisotopic (exact) mass is 287 g/mol. The molecule has 0 aromatic heterocycles. The van der Waals surface area contributed by atoms with E-state index in [1.165, 1.54) is 6.08 Å². The van der Waals surface area contributed by atoms with Gasteiger partial charge in [-0.1, -0.05) is 36.4 Å². The molecule has 4 nitrogen and oxygen atoms in total. The van der Waals surface area contributed by atoms with Crippen LogP contribution in [-0.2, 0) is 20.9 Å². The lowest BCUT2D eigenvalue weighted by molar-refractivity contribution is -0.137. The number of rotatable bonds is 6. The van der Waals surface area contributed by atoms with Crippen LogP contribution in [0.5, 0.6) is 0 Å². The Balaban J connectivity index is 1.92. The highest BCUT2D eigenvalue weighted by molar-refractivity contribution is 5.82. The lowest BCUT2D eigenvalue weighted by Crippen LogP contribution is -2.32. The SMILES string of the molecule is CCOC(=O)/C=C/C[C@@H]1CCC(=O)N1Cc1ccccc1. The molecule has 4 heteroatoms. The summed E-state index contributed by atoms with van der Waals surface area (Å²) in [5.41, 5.74) is 1.13. The molecular weight excluding hydrogens is 266 g/mol. The van der Waals surface area contributed by atoms with E-state index in [1.54, 1.807) is 13.0 Å². The molecule has 0 aliphatic carbocycles. The average molecular weight is 287 g/mol. The van der Waals surface area contributed by atoms with Crippen molar-refractivity contribution in [2.75, 3.05) is 6.61 Å². The zero-order chi connectivity index (χ0) is 15.1. The van der Waals surface area contributed by atoms with Crippen molar-refractivity contribution in [1.82, 2.24) is 4.90 Å². The van der Waals surface area contributed by atoms with Crippen LogP contribution in [0.2, 0.25) is 0 Å². The average Bonchev–Trinajstić information content (AvgIpc) is 2.82. The Kier molecular flexibility index (Phi) is 5.55. The Bertz CT molecular complexity index is 510. The second-order valence-corrected chi connectivity index (χ2v) is 5.09. The van der Waals surface area contributed by atoms with Crippen molar-refractivity contribution in [3.8, 4) is 0 Å². The molecule has 1 amide bonds. The number of esters is 1. The predicted octanol–water partition coefficient (Wildman–Crippen LogP) is 2.69. The Labute approximate surface area is 125 Å². The fourth-order valence-electron chi connectivity index (χ4n) is 2.55.